The summed E-state index contributed by atoms with van der Waals surface area (Å²) in [5.41, 5.74) is 0. The number of aryl methyl sites for hydroxylation is 1. The summed E-state index contributed by atoms with van der Waals surface area (Å²) in [6.45, 7) is 6.97. The van der Waals surface area contributed by atoms with Gasteiger partial charge < -0.3 is 5.32 Å². The first kappa shape index (κ1) is 12.1. The van der Waals surface area contributed by atoms with Crippen LogP contribution in [0.5, 0.6) is 0 Å². The molecule has 2 rings (SSSR count). The lowest BCUT2D eigenvalue weighted by Crippen LogP contribution is -2.35. The molecule has 2 heterocycles. The summed E-state index contributed by atoms with van der Waals surface area (Å²) in [4.78, 5) is 3.18. The van der Waals surface area contributed by atoms with Crippen LogP contribution in [0.4, 0.5) is 0 Å². The molecule has 1 saturated heterocycles. The summed E-state index contributed by atoms with van der Waals surface area (Å²) >= 11 is 2.04. The number of hydrogen-bond acceptors (Lipinski definition) is 2. The standard InChI is InChI=1S/C14H23NS/c1-3-5-11-10-15-9-8-13(11)14-7-6-12(4-2)16-14/h6-7,11,13,15H,3-5,8-10H2,1-2H3. The molecule has 1 aliphatic heterocycles. The molecular formula is C14H23NS. The fourth-order valence-electron chi connectivity index (χ4n) is 2.76. The van der Waals surface area contributed by atoms with Gasteiger partial charge in [0.05, 0.1) is 0 Å². The highest BCUT2D eigenvalue weighted by Gasteiger charge is 2.26. The third-order valence-corrected chi connectivity index (χ3v) is 5.02. The van der Waals surface area contributed by atoms with Crippen LogP contribution in [0.3, 0.4) is 0 Å². The molecule has 1 N–H and O–H groups in total. The molecule has 2 heteroatoms. The lowest BCUT2D eigenvalue weighted by Gasteiger charge is -2.31. The highest BCUT2D eigenvalue weighted by molar-refractivity contribution is 7.12. The van der Waals surface area contributed by atoms with Gasteiger partial charge in [-0.05, 0) is 56.3 Å². The second-order valence-electron chi connectivity index (χ2n) is 4.81. The van der Waals surface area contributed by atoms with Crippen LogP contribution in [-0.2, 0) is 6.42 Å². The van der Waals surface area contributed by atoms with Crippen molar-refractivity contribution in [2.75, 3.05) is 13.1 Å². The monoisotopic (exact) mass is 237 g/mol. The van der Waals surface area contributed by atoms with Crippen molar-refractivity contribution in [1.29, 1.82) is 0 Å². The maximum absolute atomic E-state index is 3.54. The molecule has 2 unspecified atom stereocenters. The Bertz CT molecular complexity index is 316. The number of hydrogen-bond donors (Lipinski definition) is 1. The predicted octanol–water partition coefficient (Wildman–Crippen LogP) is 3.80. The van der Waals surface area contributed by atoms with Crippen LogP contribution in [0.25, 0.3) is 0 Å². The fraction of sp³-hybridized carbons (Fsp3) is 0.714. The minimum Gasteiger partial charge on any atom is -0.316 e. The van der Waals surface area contributed by atoms with Crippen molar-refractivity contribution in [2.45, 2.75) is 45.4 Å². The first-order valence-corrected chi connectivity index (χ1v) is 7.46. The van der Waals surface area contributed by atoms with E-state index in [2.05, 4.69) is 31.3 Å². The topological polar surface area (TPSA) is 12.0 Å². The Kier molecular flexibility index (Phi) is 4.42. The summed E-state index contributed by atoms with van der Waals surface area (Å²) in [5, 5.41) is 3.54. The molecule has 0 aliphatic carbocycles. The molecule has 1 nitrogen and oxygen atoms in total. The van der Waals surface area contributed by atoms with Crippen LogP contribution < -0.4 is 5.32 Å². The van der Waals surface area contributed by atoms with Gasteiger partial charge in [0, 0.05) is 9.75 Å². The maximum Gasteiger partial charge on any atom is 0.00828 e. The van der Waals surface area contributed by atoms with Crippen molar-refractivity contribution in [2.24, 2.45) is 5.92 Å². The number of thiophene rings is 1. The van der Waals surface area contributed by atoms with E-state index in [0.29, 0.717) is 0 Å². The Hall–Kier alpha value is -0.340. The molecular weight excluding hydrogens is 214 g/mol. The molecule has 0 saturated carbocycles. The first-order valence-electron chi connectivity index (χ1n) is 6.64. The van der Waals surface area contributed by atoms with Crippen molar-refractivity contribution >= 4 is 11.3 Å². The normalized spacial score (nSPS) is 25.9. The molecule has 0 spiro atoms. The Labute approximate surface area is 103 Å². The van der Waals surface area contributed by atoms with Crippen molar-refractivity contribution in [1.82, 2.24) is 5.32 Å². The Morgan fingerprint density at radius 1 is 1.38 bits per heavy atom. The van der Waals surface area contributed by atoms with E-state index in [0.717, 1.165) is 11.8 Å². The van der Waals surface area contributed by atoms with E-state index in [1.165, 1.54) is 38.8 Å². The molecule has 0 aromatic carbocycles. The SMILES string of the molecule is CCCC1CNCCC1c1ccc(CC)s1. The quantitative estimate of drug-likeness (QED) is 0.840. The van der Waals surface area contributed by atoms with Crippen LogP contribution in [0.1, 0.15) is 48.8 Å². The van der Waals surface area contributed by atoms with Gasteiger partial charge in [0.1, 0.15) is 0 Å². The van der Waals surface area contributed by atoms with Gasteiger partial charge in [0.25, 0.3) is 0 Å². The van der Waals surface area contributed by atoms with Crippen molar-refractivity contribution in [3.8, 4) is 0 Å². The second-order valence-corrected chi connectivity index (χ2v) is 6.01. The smallest absolute Gasteiger partial charge is 0.00828 e. The van der Waals surface area contributed by atoms with E-state index in [-0.39, 0.29) is 0 Å². The molecule has 2 atom stereocenters. The zero-order valence-corrected chi connectivity index (χ0v) is 11.3. The Morgan fingerprint density at radius 3 is 2.94 bits per heavy atom. The van der Waals surface area contributed by atoms with Crippen molar-refractivity contribution < 1.29 is 0 Å². The average molecular weight is 237 g/mol. The summed E-state index contributed by atoms with van der Waals surface area (Å²) in [7, 11) is 0. The summed E-state index contributed by atoms with van der Waals surface area (Å²) < 4.78 is 0. The second kappa shape index (κ2) is 5.83. The molecule has 90 valence electrons. The van der Waals surface area contributed by atoms with Gasteiger partial charge in [-0.1, -0.05) is 20.3 Å². The molecule has 0 radical (unpaired) electrons. The molecule has 16 heavy (non-hydrogen) atoms. The van der Waals surface area contributed by atoms with Gasteiger partial charge >= 0.3 is 0 Å². The van der Waals surface area contributed by atoms with E-state index in [1.807, 2.05) is 11.3 Å². The largest absolute Gasteiger partial charge is 0.316 e. The zero-order valence-electron chi connectivity index (χ0n) is 10.5. The maximum atomic E-state index is 3.54. The number of piperidine rings is 1. The van der Waals surface area contributed by atoms with Gasteiger partial charge in [0.2, 0.25) is 0 Å². The van der Waals surface area contributed by atoms with Gasteiger partial charge in [-0.15, -0.1) is 11.3 Å². The highest BCUT2D eigenvalue weighted by atomic mass is 32.1. The fourth-order valence-corrected chi connectivity index (χ4v) is 3.94. The van der Waals surface area contributed by atoms with Crippen LogP contribution in [0, 0.1) is 5.92 Å². The Morgan fingerprint density at radius 2 is 2.25 bits per heavy atom. The van der Waals surface area contributed by atoms with E-state index in [1.54, 1.807) is 9.75 Å². The van der Waals surface area contributed by atoms with Crippen LogP contribution in [0.2, 0.25) is 0 Å². The van der Waals surface area contributed by atoms with E-state index < -0.39 is 0 Å². The Balaban J connectivity index is 2.09. The van der Waals surface area contributed by atoms with E-state index in [9.17, 15) is 0 Å². The van der Waals surface area contributed by atoms with Crippen LogP contribution in [0.15, 0.2) is 12.1 Å². The third-order valence-electron chi connectivity index (χ3n) is 3.66. The van der Waals surface area contributed by atoms with Crippen LogP contribution >= 0.6 is 11.3 Å². The van der Waals surface area contributed by atoms with E-state index in [4.69, 9.17) is 0 Å². The van der Waals surface area contributed by atoms with Gasteiger partial charge in [0.15, 0.2) is 0 Å². The van der Waals surface area contributed by atoms with Gasteiger partial charge in [-0.3, -0.25) is 0 Å². The average Bonchev–Trinajstić information content (AvgIpc) is 2.79. The predicted molar refractivity (Wildman–Crippen MR) is 72.3 cm³/mol. The van der Waals surface area contributed by atoms with E-state index >= 15 is 0 Å². The summed E-state index contributed by atoms with van der Waals surface area (Å²) in [6.07, 6.45) is 5.20. The molecule has 1 aromatic heterocycles. The highest BCUT2D eigenvalue weighted by Crippen LogP contribution is 2.36. The molecule has 1 fully saturated rings. The lowest BCUT2D eigenvalue weighted by atomic mass is 9.82. The molecule has 0 bridgehead atoms. The zero-order chi connectivity index (χ0) is 11.4. The number of nitrogens with one attached hydrogen (secondary N) is 1. The minimum absolute atomic E-state index is 0.825. The summed E-state index contributed by atoms with van der Waals surface area (Å²) in [5.74, 6) is 1.69. The van der Waals surface area contributed by atoms with Gasteiger partial charge in [-0.2, -0.15) is 0 Å². The minimum atomic E-state index is 0.825. The molecule has 1 aromatic rings. The molecule has 0 amide bonds. The van der Waals surface area contributed by atoms with Crippen molar-refractivity contribution in [3.05, 3.63) is 21.9 Å². The summed E-state index contributed by atoms with van der Waals surface area (Å²) in [6, 6.07) is 4.70. The number of rotatable bonds is 4. The van der Waals surface area contributed by atoms with Gasteiger partial charge in [-0.25, -0.2) is 0 Å². The van der Waals surface area contributed by atoms with Crippen molar-refractivity contribution in [3.63, 3.8) is 0 Å². The lowest BCUT2D eigenvalue weighted by molar-refractivity contribution is 0.310. The first-order chi connectivity index (χ1) is 7.85. The third kappa shape index (κ3) is 2.67. The van der Waals surface area contributed by atoms with Crippen LogP contribution in [-0.4, -0.2) is 13.1 Å². The molecule has 1 aliphatic rings.